The molecule has 0 bridgehead atoms. The molecule has 2 aromatic carbocycles. The van der Waals surface area contributed by atoms with E-state index in [1.54, 1.807) is 12.1 Å². The van der Waals surface area contributed by atoms with Gasteiger partial charge in [0, 0.05) is 6.54 Å². The summed E-state index contributed by atoms with van der Waals surface area (Å²) in [7, 11) is 0. The van der Waals surface area contributed by atoms with Crippen molar-refractivity contribution >= 4 is 11.4 Å². The summed E-state index contributed by atoms with van der Waals surface area (Å²) in [5.74, 6) is -0.984. The molecule has 0 heterocycles. The van der Waals surface area contributed by atoms with Gasteiger partial charge in [0.05, 0.1) is 11.0 Å². The number of nitrogens with zero attached hydrogens (tertiary/aromatic N) is 1. The summed E-state index contributed by atoms with van der Waals surface area (Å²) < 4.78 is 25.9. The van der Waals surface area contributed by atoms with Crippen molar-refractivity contribution in [3.05, 3.63) is 69.8 Å². The van der Waals surface area contributed by atoms with Gasteiger partial charge in [0.25, 0.3) is 5.69 Å². The molecule has 0 amide bonds. The molecule has 0 atom stereocenters. The predicted octanol–water partition coefficient (Wildman–Crippen LogP) is 3.53. The number of nitrogens with one attached hydrogen (secondary N) is 1. The molecule has 0 radical (unpaired) electrons. The van der Waals surface area contributed by atoms with Crippen LogP contribution in [0.5, 0.6) is 0 Å². The van der Waals surface area contributed by atoms with Gasteiger partial charge < -0.3 is 5.32 Å². The van der Waals surface area contributed by atoms with E-state index in [0.29, 0.717) is 13.0 Å². The number of anilines is 1. The first kappa shape index (κ1) is 13.9. The van der Waals surface area contributed by atoms with Gasteiger partial charge in [-0.25, -0.2) is 8.78 Å². The number of nitro groups is 1. The second-order valence-electron chi connectivity index (χ2n) is 4.23. The van der Waals surface area contributed by atoms with Crippen LogP contribution < -0.4 is 5.32 Å². The highest BCUT2D eigenvalue weighted by Crippen LogP contribution is 2.24. The largest absolute Gasteiger partial charge is 0.379 e. The van der Waals surface area contributed by atoms with E-state index in [9.17, 15) is 18.9 Å². The van der Waals surface area contributed by atoms with Gasteiger partial charge >= 0.3 is 0 Å². The lowest BCUT2D eigenvalue weighted by atomic mass is 10.1. The van der Waals surface area contributed by atoms with Crippen LogP contribution in [0.25, 0.3) is 0 Å². The number of hydrogen-bond donors (Lipinski definition) is 1. The SMILES string of the molecule is O=[N+]([O-])c1cc(F)ccc1NCCc1cccc(F)c1. The van der Waals surface area contributed by atoms with Gasteiger partial charge in [-0.15, -0.1) is 0 Å². The highest BCUT2D eigenvalue weighted by Gasteiger charge is 2.14. The molecular weight excluding hydrogens is 266 g/mol. The molecule has 4 nitrogen and oxygen atoms in total. The number of rotatable bonds is 5. The molecule has 0 aliphatic heterocycles. The van der Waals surface area contributed by atoms with Crippen LogP contribution in [0.15, 0.2) is 42.5 Å². The maximum Gasteiger partial charge on any atom is 0.295 e. The summed E-state index contributed by atoms with van der Waals surface area (Å²) in [5, 5.41) is 13.7. The normalized spacial score (nSPS) is 10.3. The molecule has 104 valence electrons. The first-order valence-corrected chi connectivity index (χ1v) is 5.98. The quantitative estimate of drug-likeness (QED) is 0.672. The van der Waals surface area contributed by atoms with Crippen LogP contribution in [-0.4, -0.2) is 11.5 Å². The summed E-state index contributed by atoms with van der Waals surface area (Å²) in [6.45, 7) is 0.385. The monoisotopic (exact) mass is 278 g/mol. The van der Waals surface area contributed by atoms with E-state index in [1.165, 1.54) is 18.2 Å². The zero-order valence-electron chi connectivity index (χ0n) is 10.5. The predicted molar refractivity (Wildman–Crippen MR) is 71.6 cm³/mol. The van der Waals surface area contributed by atoms with Crippen LogP contribution in [-0.2, 0) is 6.42 Å². The standard InChI is InChI=1S/C14H12F2N2O2/c15-11-3-1-2-10(8-11)6-7-17-13-5-4-12(16)9-14(13)18(19)20/h1-5,8-9,17H,6-7H2. The summed E-state index contributed by atoms with van der Waals surface area (Å²) in [5.41, 5.74) is 0.708. The van der Waals surface area contributed by atoms with E-state index in [-0.39, 0.29) is 17.2 Å². The topological polar surface area (TPSA) is 55.2 Å². The molecule has 0 fully saturated rings. The van der Waals surface area contributed by atoms with Crippen molar-refractivity contribution in [3.8, 4) is 0 Å². The highest BCUT2D eigenvalue weighted by atomic mass is 19.1. The Hall–Kier alpha value is -2.50. The molecule has 0 saturated heterocycles. The zero-order chi connectivity index (χ0) is 14.5. The maximum atomic E-state index is 13.0. The highest BCUT2D eigenvalue weighted by molar-refractivity contribution is 5.61. The summed E-state index contributed by atoms with van der Waals surface area (Å²) in [6, 6.07) is 9.46. The van der Waals surface area contributed by atoms with Crippen molar-refractivity contribution in [2.75, 3.05) is 11.9 Å². The van der Waals surface area contributed by atoms with Gasteiger partial charge in [-0.2, -0.15) is 0 Å². The smallest absolute Gasteiger partial charge is 0.295 e. The van der Waals surface area contributed by atoms with Gasteiger partial charge in [-0.1, -0.05) is 12.1 Å². The van der Waals surface area contributed by atoms with E-state index >= 15 is 0 Å². The molecule has 6 heteroatoms. The fourth-order valence-electron chi connectivity index (χ4n) is 1.84. The second kappa shape index (κ2) is 6.10. The molecule has 0 aromatic heterocycles. The Labute approximate surface area is 114 Å². The Morgan fingerprint density at radius 2 is 1.85 bits per heavy atom. The van der Waals surface area contributed by atoms with Crippen LogP contribution in [0.4, 0.5) is 20.2 Å². The molecule has 0 saturated carbocycles. The first-order chi connectivity index (χ1) is 9.56. The molecule has 1 N–H and O–H groups in total. The minimum absolute atomic E-state index is 0.243. The fraction of sp³-hybridized carbons (Fsp3) is 0.143. The first-order valence-electron chi connectivity index (χ1n) is 5.98. The Morgan fingerprint density at radius 1 is 1.10 bits per heavy atom. The van der Waals surface area contributed by atoms with Crippen LogP contribution in [0.3, 0.4) is 0 Å². The van der Waals surface area contributed by atoms with Gasteiger partial charge in [0.1, 0.15) is 17.3 Å². The molecular formula is C14H12F2N2O2. The van der Waals surface area contributed by atoms with E-state index in [0.717, 1.165) is 17.7 Å². The van der Waals surface area contributed by atoms with E-state index in [2.05, 4.69) is 5.32 Å². The number of halogens is 2. The van der Waals surface area contributed by atoms with Crippen molar-refractivity contribution < 1.29 is 13.7 Å². The van der Waals surface area contributed by atoms with Gasteiger partial charge in [0.15, 0.2) is 0 Å². The Balaban J connectivity index is 2.02. The van der Waals surface area contributed by atoms with Crippen molar-refractivity contribution in [2.45, 2.75) is 6.42 Å². The molecule has 2 rings (SSSR count). The van der Waals surface area contributed by atoms with Gasteiger partial charge in [-0.3, -0.25) is 10.1 Å². The minimum Gasteiger partial charge on any atom is -0.379 e. The third-order valence-electron chi connectivity index (χ3n) is 2.77. The van der Waals surface area contributed by atoms with Crippen molar-refractivity contribution in [2.24, 2.45) is 0 Å². The Morgan fingerprint density at radius 3 is 2.55 bits per heavy atom. The van der Waals surface area contributed by atoms with Crippen LogP contribution in [0.2, 0.25) is 0 Å². The second-order valence-corrected chi connectivity index (χ2v) is 4.23. The lowest BCUT2D eigenvalue weighted by molar-refractivity contribution is -0.384. The number of benzene rings is 2. The third kappa shape index (κ3) is 3.50. The van der Waals surface area contributed by atoms with E-state index in [1.807, 2.05) is 0 Å². The van der Waals surface area contributed by atoms with E-state index < -0.39 is 10.7 Å². The summed E-state index contributed by atoms with van der Waals surface area (Å²) >= 11 is 0. The molecule has 2 aromatic rings. The van der Waals surface area contributed by atoms with Crippen LogP contribution in [0.1, 0.15) is 5.56 Å². The maximum absolute atomic E-state index is 13.0. The Kier molecular flexibility index (Phi) is 4.24. The average Bonchev–Trinajstić information content (AvgIpc) is 2.40. The summed E-state index contributed by atoms with van der Waals surface area (Å²) in [4.78, 5) is 10.2. The number of hydrogen-bond acceptors (Lipinski definition) is 3. The molecule has 20 heavy (non-hydrogen) atoms. The molecule has 0 unspecified atom stereocenters. The lowest BCUT2D eigenvalue weighted by Crippen LogP contribution is -2.07. The van der Waals surface area contributed by atoms with Gasteiger partial charge in [-0.05, 0) is 36.2 Å². The fourth-order valence-corrected chi connectivity index (χ4v) is 1.84. The van der Waals surface area contributed by atoms with E-state index in [4.69, 9.17) is 0 Å². The molecule has 0 spiro atoms. The zero-order valence-corrected chi connectivity index (χ0v) is 10.5. The van der Waals surface area contributed by atoms with Crippen LogP contribution in [0, 0.1) is 21.7 Å². The Bertz CT molecular complexity index is 632. The molecule has 0 aliphatic carbocycles. The summed E-state index contributed by atoms with van der Waals surface area (Å²) in [6.07, 6.45) is 0.506. The van der Waals surface area contributed by atoms with Crippen LogP contribution >= 0.6 is 0 Å². The third-order valence-corrected chi connectivity index (χ3v) is 2.77. The van der Waals surface area contributed by atoms with Crippen molar-refractivity contribution in [1.29, 1.82) is 0 Å². The molecule has 0 aliphatic rings. The average molecular weight is 278 g/mol. The minimum atomic E-state index is -0.660. The van der Waals surface area contributed by atoms with Crippen molar-refractivity contribution in [3.63, 3.8) is 0 Å². The number of nitro benzene ring substituents is 1. The van der Waals surface area contributed by atoms with Gasteiger partial charge in [0.2, 0.25) is 0 Å². The van der Waals surface area contributed by atoms with Crippen molar-refractivity contribution in [1.82, 2.24) is 0 Å². The lowest BCUT2D eigenvalue weighted by Gasteiger charge is -2.07.